The van der Waals surface area contributed by atoms with Crippen molar-refractivity contribution in [2.75, 3.05) is 13.1 Å². The summed E-state index contributed by atoms with van der Waals surface area (Å²) in [6.45, 7) is 0.719. The van der Waals surface area contributed by atoms with Crippen LogP contribution in [-0.2, 0) is 30.4 Å². The highest BCUT2D eigenvalue weighted by atomic mass is 16.4. The maximum Gasteiger partial charge on any atom is 0.326 e. The van der Waals surface area contributed by atoms with Crippen molar-refractivity contribution in [2.24, 2.45) is 17.2 Å². The number of carbonyl (C=O) groups is 5. The molecule has 0 saturated heterocycles. The Hall–Kier alpha value is -3.56. The molecule has 1 aromatic rings. The molecule has 15 heteroatoms. The molecule has 37 heavy (non-hydrogen) atoms. The predicted octanol–water partition coefficient (Wildman–Crippen LogP) is -2.45. The number of nitrogens with two attached hydrogens (primary N) is 3. The van der Waals surface area contributed by atoms with Crippen LogP contribution in [0.3, 0.4) is 0 Å². The van der Waals surface area contributed by atoms with Gasteiger partial charge in [0.25, 0.3) is 0 Å². The zero-order chi connectivity index (χ0) is 27.8. The number of aliphatic carboxylic acids is 2. The number of carbonyl (C=O) groups excluding carboxylic acids is 3. The van der Waals surface area contributed by atoms with Gasteiger partial charge < -0.3 is 48.3 Å². The second kappa shape index (κ2) is 17.0. The zero-order valence-corrected chi connectivity index (χ0v) is 20.7. The molecule has 4 unspecified atom stereocenters. The molecule has 0 aliphatic carbocycles. The lowest BCUT2D eigenvalue weighted by Gasteiger charge is -2.25. The highest BCUT2D eigenvalue weighted by molar-refractivity contribution is 5.94. The normalized spacial score (nSPS) is 14.1. The van der Waals surface area contributed by atoms with Gasteiger partial charge in [-0.3, -0.25) is 19.2 Å². The Bertz CT molecular complexity index is 880. The minimum Gasteiger partial charge on any atom is -0.481 e. The van der Waals surface area contributed by atoms with Crippen LogP contribution in [0.2, 0.25) is 0 Å². The van der Waals surface area contributed by atoms with Crippen molar-refractivity contribution in [3.05, 3.63) is 18.2 Å². The molecule has 1 aromatic heterocycles. The molecule has 208 valence electrons. The van der Waals surface area contributed by atoms with Crippen molar-refractivity contribution in [3.8, 4) is 0 Å². The number of imidazole rings is 1. The lowest BCUT2D eigenvalue weighted by molar-refractivity contribution is -0.142. The van der Waals surface area contributed by atoms with Crippen molar-refractivity contribution in [1.29, 1.82) is 0 Å². The number of hydrogen-bond acceptors (Lipinski definition) is 9. The maximum absolute atomic E-state index is 13.1. The standard InChI is InChI=1S/C22H38N8O7/c23-7-3-1-5-15(28-19(33)14(25)10-18(31)32)20(34)29-16(6-2-4-8-24)21(35)30-17(22(36)37)9-13-11-26-12-27-13/h11-12,14-17H,1-10,23-25H2,(H,26,27)(H,28,33)(H,29,34)(H,30,35)(H,31,32)(H,36,37). The number of nitrogens with one attached hydrogen (secondary N) is 4. The third-order valence-corrected chi connectivity index (χ3v) is 5.48. The Morgan fingerprint density at radius 1 is 0.838 bits per heavy atom. The average molecular weight is 527 g/mol. The first kappa shape index (κ1) is 31.5. The number of carboxylic acids is 2. The van der Waals surface area contributed by atoms with Crippen LogP contribution in [0.15, 0.2) is 12.5 Å². The van der Waals surface area contributed by atoms with E-state index in [0.717, 1.165) is 0 Å². The largest absolute Gasteiger partial charge is 0.481 e. The Balaban J connectivity index is 2.98. The fourth-order valence-electron chi connectivity index (χ4n) is 3.44. The van der Waals surface area contributed by atoms with Gasteiger partial charge in [-0.15, -0.1) is 0 Å². The van der Waals surface area contributed by atoms with Crippen molar-refractivity contribution in [2.45, 2.75) is 75.5 Å². The summed E-state index contributed by atoms with van der Waals surface area (Å²) in [4.78, 5) is 67.7. The number of amides is 3. The number of nitrogens with zero attached hydrogens (tertiary/aromatic N) is 1. The molecule has 0 aromatic carbocycles. The topological polar surface area (TPSA) is 269 Å². The van der Waals surface area contributed by atoms with Crippen LogP contribution in [0.1, 0.15) is 50.6 Å². The van der Waals surface area contributed by atoms with Gasteiger partial charge in [-0.2, -0.15) is 0 Å². The van der Waals surface area contributed by atoms with Crippen molar-refractivity contribution in [1.82, 2.24) is 25.9 Å². The summed E-state index contributed by atoms with van der Waals surface area (Å²) in [5.41, 5.74) is 17.2. The smallest absolute Gasteiger partial charge is 0.326 e. The van der Waals surface area contributed by atoms with Gasteiger partial charge in [0.2, 0.25) is 17.7 Å². The summed E-state index contributed by atoms with van der Waals surface area (Å²) in [5, 5.41) is 25.9. The van der Waals surface area contributed by atoms with Crippen LogP contribution in [0, 0.1) is 0 Å². The summed E-state index contributed by atoms with van der Waals surface area (Å²) in [6, 6.07) is -4.87. The molecule has 15 nitrogen and oxygen atoms in total. The number of aromatic nitrogens is 2. The van der Waals surface area contributed by atoms with E-state index in [1.54, 1.807) is 0 Å². The predicted molar refractivity (Wildman–Crippen MR) is 132 cm³/mol. The van der Waals surface area contributed by atoms with E-state index in [9.17, 15) is 29.1 Å². The number of aromatic amines is 1. The highest BCUT2D eigenvalue weighted by Gasteiger charge is 2.30. The third kappa shape index (κ3) is 12.3. The summed E-state index contributed by atoms with van der Waals surface area (Å²) in [6.07, 6.45) is 4.56. The van der Waals surface area contributed by atoms with E-state index in [2.05, 4.69) is 25.9 Å². The molecular weight excluding hydrogens is 488 g/mol. The Kier molecular flexibility index (Phi) is 14.5. The van der Waals surface area contributed by atoms with Crippen molar-refractivity contribution in [3.63, 3.8) is 0 Å². The van der Waals surface area contributed by atoms with Gasteiger partial charge in [-0.05, 0) is 51.6 Å². The number of unbranched alkanes of at least 4 members (excludes halogenated alkanes) is 2. The quantitative estimate of drug-likeness (QED) is 0.0853. The van der Waals surface area contributed by atoms with Gasteiger partial charge in [0, 0.05) is 18.3 Å². The van der Waals surface area contributed by atoms with E-state index in [1.807, 2.05) is 0 Å². The number of H-pyrrole nitrogens is 1. The minimum atomic E-state index is -1.37. The Morgan fingerprint density at radius 2 is 1.35 bits per heavy atom. The molecule has 0 aliphatic heterocycles. The van der Waals surface area contributed by atoms with Crippen LogP contribution < -0.4 is 33.2 Å². The van der Waals surface area contributed by atoms with E-state index in [0.29, 0.717) is 44.5 Å². The molecule has 0 spiro atoms. The SMILES string of the molecule is NCCCCC(NC(=O)C(N)CC(=O)O)C(=O)NC(CCCCN)C(=O)NC(Cc1cnc[nH]1)C(=O)O. The van der Waals surface area contributed by atoms with Gasteiger partial charge in [0.1, 0.15) is 18.1 Å². The van der Waals surface area contributed by atoms with Crippen LogP contribution in [0.4, 0.5) is 0 Å². The first-order valence-corrected chi connectivity index (χ1v) is 12.1. The first-order valence-electron chi connectivity index (χ1n) is 12.1. The number of carboxylic acid groups (broad SMARTS) is 2. The molecule has 1 rings (SSSR count). The van der Waals surface area contributed by atoms with E-state index in [-0.39, 0.29) is 19.3 Å². The second-order valence-corrected chi connectivity index (χ2v) is 8.58. The number of rotatable bonds is 19. The average Bonchev–Trinajstić information content (AvgIpc) is 3.35. The molecule has 1 heterocycles. The molecule has 0 fully saturated rings. The van der Waals surface area contributed by atoms with E-state index < -0.39 is 60.2 Å². The highest BCUT2D eigenvalue weighted by Crippen LogP contribution is 2.07. The van der Waals surface area contributed by atoms with Crippen LogP contribution in [0.5, 0.6) is 0 Å². The van der Waals surface area contributed by atoms with Gasteiger partial charge in [-0.1, -0.05) is 0 Å². The van der Waals surface area contributed by atoms with Gasteiger partial charge >= 0.3 is 11.9 Å². The van der Waals surface area contributed by atoms with Gasteiger partial charge in [0.05, 0.1) is 18.8 Å². The molecule has 12 N–H and O–H groups in total. The lowest BCUT2D eigenvalue weighted by atomic mass is 10.0. The van der Waals surface area contributed by atoms with Crippen LogP contribution in [0.25, 0.3) is 0 Å². The Labute approximate surface area is 214 Å². The molecule has 0 saturated carbocycles. The summed E-state index contributed by atoms with van der Waals surface area (Å²) >= 11 is 0. The molecule has 3 amide bonds. The fourth-order valence-corrected chi connectivity index (χ4v) is 3.44. The molecule has 4 atom stereocenters. The van der Waals surface area contributed by atoms with E-state index >= 15 is 0 Å². The minimum absolute atomic E-state index is 0.0518. The van der Waals surface area contributed by atoms with Crippen molar-refractivity contribution < 1.29 is 34.2 Å². The maximum atomic E-state index is 13.1. The van der Waals surface area contributed by atoms with Gasteiger partial charge in [-0.25, -0.2) is 9.78 Å². The third-order valence-electron chi connectivity index (χ3n) is 5.48. The first-order chi connectivity index (χ1) is 17.6. The van der Waals surface area contributed by atoms with E-state index in [1.165, 1.54) is 12.5 Å². The van der Waals surface area contributed by atoms with E-state index in [4.69, 9.17) is 22.3 Å². The van der Waals surface area contributed by atoms with Crippen LogP contribution in [-0.4, -0.2) is 87.1 Å². The summed E-state index contributed by atoms with van der Waals surface area (Å²) < 4.78 is 0. The number of hydrogen-bond donors (Lipinski definition) is 9. The lowest BCUT2D eigenvalue weighted by Crippen LogP contribution is -2.57. The second-order valence-electron chi connectivity index (χ2n) is 8.58. The Morgan fingerprint density at radius 3 is 1.78 bits per heavy atom. The van der Waals surface area contributed by atoms with Crippen LogP contribution >= 0.6 is 0 Å². The fraction of sp³-hybridized carbons (Fsp3) is 0.636. The van der Waals surface area contributed by atoms with Gasteiger partial charge in [0.15, 0.2) is 0 Å². The summed E-state index contributed by atoms with van der Waals surface area (Å²) in [7, 11) is 0. The van der Waals surface area contributed by atoms with Crippen molar-refractivity contribution >= 4 is 29.7 Å². The molecule has 0 aliphatic rings. The zero-order valence-electron chi connectivity index (χ0n) is 20.7. The summed E-state index contributed by atoms with van der Waals surface area (Å²) in [5.74, 6) is -4.78. The molecule has 0 bridgehead atoms. The molecular formula is C22H38N8O7. The monoisotopic (exact) mass is 526 g/mol. The molecule has 0 radical (unpaired) electrons.